The Hall–Kier alpha value is -3.34. The molecule has 2 aromatic rings. The smallest absolute Gasteiger partial charge is 0.338 e. The number of urea groups is 1. The number of ether oxygens (including phenoxy) is 1. The van der Waals surface area contributed by atoms with E-state index in [-0.39, 0.29) is 12.1 Å². The van der Waals surface area contributed by atoms with E-state index < -0.39 is 12.0 Å². The Labute approximate surface area is 165 Å². The van der Waals surface area contributed by atoms with E-state index in [1.54, 1.807) is 13.8 Å². The Bertz CT molecular complexity index is 915. The van der Waals surface area contributed by atoms with Crippen LogP contribution in [0, 0.1) is 0 Å². The lowest BCUT2D eigenvalue weighted by Crippen LogP contribution is -2.50. The zero-order valence-corrected chi connectivity index (χ0v) is 16.2. The zero-order valence-electron chi connectivity index (χ0n) is 16.2. The molecule has 0 aliphatic carbocycles. The first kappa shape index (κ1) is 19.4. The number of carbonyl (C=O) groups is 2. The summed E-state index contributed by atoms with van der Waals surface area (Å²) in [7, 11) is 0. The fraction of sp³-hybridized carbons (Fsp3) is 0.217. The minimum Gasteiger partial charge on any atom is -0.459 e. The van der Waals surface area contributed by atoms with Crippen molar-refractivity contribution in [3.63, 3.8) is 0 Å². The van der Waals surface area contributed by atoms with Crippen molar-refractivity contribution < 1.29 is 14.3 Å². The maximum Gasteiger partial charge on any atom is 0.338 e. The van der Waals surface area contributed by atoms with Crippen LogP contribution < -0.4 is 10.6 Å². The Morgan fingerprint density at radius 3 is 2.25 bits per heavy atom. The molecule has 5 heteroatoms. The molecule has 144 valence electrons. The molecule has 0 radical (unpaired) electrons. The lowest BCUT2D eigenvalue weighted by atomic mass is 9.92. The van der Waals surface area contributed by atoms with Gasteiger partial charge < -0.3 is 15.4 Å². The van der Waals surface area contributed by atoms with E-state index in [2.05, 4.69) is 10.6 Å². The Morgan fingerprint density at radius 2 is 1.64 bits per heavy atom. The van der Waals surface area contributed by atoms with Gasteiger partial charge in [-0.1, -0.05) is 66.7 Å². The SMILES string of the molecule is C/C(=C\c1ccccc1)C1NC(=O)NC(c2ccccc2)=C1C(=O)OC(C)C. The summed E-state index contributed by atoms with van der Waals surface area (Å²) < 4.78 is 5.49. The molecular formula is C23H24N2O3. The first-order valence-corrected chi connectivity index (χ1v) is 9.27. The topological polar surface area (TPSA) is 67.4 Å². The number of nitrogens with one attached hydrogen (secondary N) is 2. The van der Waals surface area contributed by atoms with Crippen LogP contribution >= 0.6 is 0 Å². The van der Waals surface area contributed by atoms with Crippen LogP contribution in [0.3, 0.4) is 0 Å². The molecule has 1 unspecified atom stereocenters. The van der Waals surface area contributed by atoms with E-state index in [0.717, 1.165) is 16.7 Å². The number of benzene rings is 2. The molecular weight excluding hydrogens is 352 g/mol. The summed E-state index contributed by atoms with van der Waals surface area (Å²) in [6.45, 7) is 5.50. The molecule has 1 atom stereocenters. The number of hydrogen-bond acceptors (Lipinski definition) is 3. The van der Waals surface area contributed by atoms with E-state index >= 15 is 0 Å². The molecule has 3 rings (SSSR count). The van der Waals surface area contributed by atoms with Crippen LogP contribution in [0.25, 0.3) is 11.8 Å². The lowest BCUT2D eigenvalue weighted by molar-refractivity contribution is -0.142. The number of esters is 1. The van der Waals surface area contributed by atoms with Crippen molar-refractivity contribution in [2.75, 3.05) is 0 Å². The molecule has 0 spiro atoms. The minimum absolute atomic E-state index is 0.270. The second kappa shape index (κ2) is 8.57. The molecule has 5 nitrogen and oxygen atoms in total. The van der Waals surface area contributed by atoms with Crippen molar-refractivity contribution in [3.05, 3.63) is 82.9 Å². The van der Waals surface area contributed by atoms with Gasteiger partial charge in [0.05, 0.1) is 23.4 Å². The molecule has 2 aromatic carbocycles. The van der Waals surface area contributed by atoms with Crippen LogP contribution in [0.4, 0.5) is 4.79 Å². The van der Waals surface area contributed by atoms with Gasteiger partial charge in [0.1, 0.15) is 0 Å². The fourth-order valence-corrected chi connectivity index (χ4v) is 3.13. The summed E-state index contributed by atoms with van der Waals surface area (Å²) in [5, 5.41) is 5.65. The number of amides is 2. The highest BCUT2D eigenvalue weighted by molar-refractivity contribution is 6.05. The van der Waals surface area contributed by atoms with Gasteiger partial charge in [-0.25, -0.2) is 9.59 Å². The highest BCUT2D eigenvalue weighted by Crippen LogP contribution is 2.27. The molecule has 0 bridgehead atoms. The molecule has 0 fully saturated rings. The Balaban J connectivity index is 2.11. The van der Waals surface area contributed by atoms with Gasteiger partial charge in [0, 0.05) is 0 Å². The maximum atomic E-state index is 13.0. The monoisotopic (exact) mass is 376 g/mol. The first-order valence-electron chi connectivity index (χ1n) is 9.27. The summed E-state index contributed by atoms with van der Waals surface area (Å²) in [5.41, 5.74) is 3.45. The quantitative estimate of drug-likeness (QED) is 0.771. The third-order valence-electron chi connectivity index (χ3n) is 4.35. The van der Waals surface area contributed by atoms with Gasteiger partial charge in [-0.05, 0) is 37.5 Å². The Kier molecular flexibility index (Phi) is 5.94. The van der Waals surface area contributed by atoms with Gasteiger partial charge in [0.25, 0.3) is 0 Å². The van der Waals surface area contributed by atoms with E-state index in [0.29, 0.717) is 11.3 Å². The van der Waals surface area contributed by atoms with E-state index in [1.807, 2.05) is 73.7 Å². The van der Waals surface area contributed by atoms with Crippen molar-refractivity contribution >= 4 is 23.8 Å². The minimum atomic E-state index is -0.588. The van der Waals surface area contributed by atoms with Crippen LogP contribution in [0.1, 0.15) is 31.9 Å². The largest absolute Gasteiger partial charge is 0.459 e. The van der Waals surface area contributed by atoms with Crippen LogP contribution in [0.15, 0.2) is 71.8 Å². The third kappa shape index (κ3) is 4.49. The summed E-state index contributed by atoms with van der Waals surface area (Å²) in [6, 6.07) is 18.2. The van der Waals surface area contributed by atoms with Crippen molar-refractivity contribution in [1.82, 2.24) is 10.6 Å². The number of rotatable bonds is 5. The van der Waals surface area contributed by atoms with Gasteiger partial charge in [0.15, 0.2) is 0 Å². The number of carbonyl (C=O) groups excluding carboxylic acids is 2. The normalized spacial score (nSPS) is 17.2. The third-order valence-corrected chi connectivity index (χ3v) is 4.35. The van der Waals surface area contributed by atoms with Gasteiger partial charge in [-0.3, -0.25) is 0 Å². The Morgan fingerprint density at radius 1 is 1.04 bits per heavy atom. The van der Waals surface area contributed by atoms with Crippen molar-refractivity contribution in [2.24, 2.45) is 0 Å². The standard InChI is InChI=1S/C23H24N2O3/c1-15(2)28-22(26)19-20(16(3)14-17-10-6-4-7-11-17)24-23(27)25-21(19)18-12-8-5-9-13-18/h4-15,20H,1-3H3,(H2,24,25,27)/b16-14+. The van der Waals surface area contributed by atoms with Crippen LogP contribution in [0.2, 0.25) is 0 Å². The first-order chi connectivity index (χ1) is 13.5. The van der Waals surface area contributed by atoms with E-state index in [4.69, 9.17) is 4.74 Å². The van der Waals surface area contributed by atoms with Crippen LogP contribution in [0.5, 0.6) is 0 Å². The number of hydrogen-bond donors (Lipinski definition) is 2. The van der Waals surface area contributed by atoms with Gasteiger partial charge in [-0.2, -0.15) is 0 Å². The van der Waals surface area contributed by atoms with Crippen molar-refractivity contribution in [3.8, 4) is 0 Å². The highest BCUT2D eigenvalue weighted by atomic mass is 16.5. The summed E-state index contributed by atoms with van der Waals surface area (Å²) in [4.78, 5) is 25.3. The van der Waals surface area contributed by atoms with Gasteiger partial charge in [-0.15, -0.1) is 0 Å². The molecule has 2 amide bonds. The second-order valence-electron chi connectivity index (χ2n) is 6.94. The molecule has 1 heterocycles. The maximum absolute atomic E-state index is 13.0. The van der Waals surface area contributed by atoms with E-state index in [1.165, 1.54) is 0 Å². The van der Waals surface area contributed by atoms with Crippen molar-refractivity contribution in [2.45, 2.75) is 32.9 Å². The van der Waals surface area contributed by atoms with Crippen LogP contribution in [-0.2, 0) is 9.53 Å². The molecule has 28 heavy (non-hydrogen) atoms. The molecule has 1 aliphatic rings. The summed E-state index contributed by atoms with van der Waals surface area (Å²) in [5.74, 6) is -0.452. The molecule has 0 aromatic heterocycles. The lowest BCUT2D eigenvalue weighted by Gasteiger charge is -2.30. The van der Waals surface area contributed by atoms with Gasteiger partial charge >= 0.3 is 12.0 Å². The molecule has 0 saturated carbocycles. The molecule has 2 N–H and O–H groups in total. The molecule has 0 saturated heterocycles. The molecule has 1 aliphatic heterocycles. The highest BCUT2D eigenvalue weighted by Gasteiger charge is 2.34. The van der Waals surface area contributed by atoms with Crippen molar-refractivity contribution in [1.29, 1.82) is 0 Å². The van der Waals surface area contributed by atoms with E-state index in [9.17, 15) is 9.59 Å². The average molecular weight is 376 g/mol. The average Bonchev–Trinajstić information content (AvgIpc) is 2.68. The predicted molar refractivity (Wildman–Crippen MR) is 110 cm³/mol. The summed E-state index contributed by atoms with van der Waals surface area (Å²) in [6.07, 6.45) is 1.69. The predicted octanol–water partition coefficient (Wildman–Crippen LogP) is 4.13. The fourth-order valence-electron chi connectivity index (χ4n) is 3.13. The van der Waals surface area contributed by atoms with Gasteiger partial charge in [0.2, 0.25) is 0 Å². The second-order valence-corrected chi connectivity index (χ2v) is 6.94. The van der Waals surface area contributed by atoms with Crippen LogP contribution in [-0.4, -0.2) is 24.1 Å². The summed E-state index contributed by atoms with van der Waals surface area (Å²) >= 11 is 0. The zero-order chi connectivity index (χ0) is 20.1.